The van der Waals surface area contributed by atoms with Gasteiger partial charge in [-0.15, -0.1) is 0 Å². The van der Waals surface area contributed by atoms with Crippen LogP contribution < -0.4 is 16.0 Å². The maximum Gasteiger partial charge on any atom is 0.306 e. The summed E-state index contributed by atoms with van der Waals surface area (Å²) in [6.07, 6.45) is 0.0423. The lowest BCUT2D eigenvalue weighted by atomic mass is 10.2. The normalized spacial score (nSPS) is 10.3. The Balaban J connectivity index is 1.76. The second-order valence-corrected chi connectivity index (χ2v) is 6.74. The molecule has 8 nitrogen and oxygen atoms in total. The van der Waals surface area contributed by atoms with Gasteiger partial charge in [0.1, 0.15) is 11.6 Å². The lowest BCUT2D eigenvalue weighted by molar-refractivity contribution is -0.148. The number of ether oxygens (including phenoxy) is 1. The van der Waals surface area contributed by atoms with Crippen molar-refractivity contribution < 1.29 is 32.7 Å². The highest BCUT2D eigenvalue weighted by atomic mass is 19.1. The molecule has 170 valence electrons. The quantitative estimate of drug-likeness (QED) is 0.403. The number of amides is 3. The minimum atomic E-state index is -0.986. The molecule has 0 unspecified atom stereocenters. The third kappa shape index (κ3) is 7.78. The molecule has 2 aromatic carbocycles. The van der Waals surface area contributed by atoms with Gasteiger partial charge in [0.05, 0.1) is 5.56 Å². The molecule has 0 atom stereocenters. The molecule has 0 bridgehead atoms. The smallest absolute Gasteiger partial charge is 0.306 e. The molecule has 0 spiro atoms. The van der Waals surface area contributed by atoms with E-state index in [9.17, 15) is 28.0 Å². The van der Waals surface area contributed by atoms with E-state index in [0.717, 1.165) is 12.1 Å². The predicted molar refractivity (Wildman–Crippen MR) is 111 cm³/mol. The van der Waals surface area contributed by atoms with Gasteiger partial charge in [0.2, 0.25) is 5.91 Å². The van der Waals surface area contributed by atoms with E-state index < -0.39 is 41.9 Å². The van der Waals surface area contributed by atoms with Gasteiger partial charge in [-0.25, -0.2) is 8.78 Å². The molecule has 2 rings (SSSR count). The fraction of sp³-hybridized carbons (Fsp3) is 0.273. The number of esters is 1. The van der Waals surface area contributed by atoms with Crippen LogP contribution in [0.15, 0.2) is 48.5 Å². The molecule has 3 N–H and O–H groups in total. The summed E-state index contributed by atoms with van der Waals surface area (Å²) in [7, 11) is 0. The highest BCUT2D eigenvalue weighted by Gasteiger charge is 2.18. The van der Waals surface area contributed by atoms with Crippen LogP contribution >= 0.6 is 0 Å². The summed E-state index contributed by atoms with van der Waals surface area (Å²) in [5.41, 5.74) is 5.38. The molecule has 0 aliphatic carbocycles. The summed E-state index contributed by atoms with van der Waals surface area (Å²) in [6.45, 7) is -0.436. The molecule has 10 heteroatoms. The van der Waals surface area contributed by atoms with Crippen LogP contribution in [-0.2, 0) is 19.1 Å². The molecule has 0 aliphatic heterocycles. The first-order chi connectivity index (χ1) is 15.3. The van der Waals surface area contributed by atoms with Crippen LogP contribution in [0.4, 0.5) is 14.5 Å². The van der Waals surface area contributed by atoms with Gasteiger partial charge in [-0.3, -0.25) is 19.2 Å². The van der Waals surface area contributed by atoms with Crippen molar-refractivity contribution in [1.82, 2.24) is 5.32 Å². The van der Waals surface area contributed by atoms with E-state index in [1.165, 1.54) is 4.90 Å². The number of primary amides is 1. The zero-order valence-electron chi connectivity index (χ0n) is 17.2. The van der Waals surface area contributed by atoms with Crippen molar-refractivity contribution in [2.75, 3.05) is 24.6 Å². The largest absolute Gasteiger partial charge is 0.456 e. The van der Waals surface area contributed by atoms with Gasteiger partial charge in [-0.1, -0.05) is 18.2 Å². The zero-order valence-corrected chi connectivity index (χ0v) is 17.2. The average Bonchev–Trinajstić information content (AvgIpc) is 2.75. The fourth-order valence-electron chi connectivity index (χ4n) is 2.72. The molecule has 3 amide bonds. The number of para-hydroxylation sites is 1. The number of rotatable bonds is 11. The summed E-state index contributed by atoms with van der Waals surface area (Å²) < 4.78 is 31.4. The topological polar surface area (TPSA) is 119 Å². The Morgan fingerprint density at radius 2 is 1.72 bits per heavy atom. The number of carbonyl (C=O) groups excluding carboxylic acids is 4. The molecule has 0 saturated heterocycles. The Kier molecular flexibility index (Phi) is 9.27. The fourth-order valence-corrected chi connectivity index (χ4v) is 2.72. The van der Waals surface area contributed by atoms with Crippen LogP contribution in [0.25, 0.3) is 0 Å². The lowest BCUT2D eigenvalue weighted by Gasteiger charge is -2.22. The molecule has 0 aromatic heterocycles. The number of hydrogen-bond acceptors (Lipinski definition) is 5. The van der Waals surface area contributed by atoms with Gasteiger partial charge < -0.3 is 20.7 Å². The highest BCUT2D eigenvalue weighted by molar-refractivity contribution is 5.96. The predicted octanol–water partition coefficient (Wildman–Crippen LogP) is 1.93. The SMILES string of the molecule is NC(=O)CCN(C(=O)COC(=O)CCCNC(=O)c1ccc(F)cc1F)c1ccccc1. The van der Waals surface area contributed by atoms with Gasteiger partial charge in [0.15, 0.2) is 6.61 Å². The number of benzene rings is 2. The first kappa shape index (κ1) is 24.4. The Morgan fingerprint density at radius 3 is 2.38 bits per heavy atom. The minimum absolute atomic E-state index is 0.0434. The molecule has 2 aromatic rings. The number of anilines is 1. The van der Waals surface area contributed by atoms with E-state index in [2.05, 4.69) is 5.32 Å². The van der Waals surface area contributed by atoms with Crippen molar-refractivity contribution in [1.29, 1.82) is 0 Å². The van der Waals surface area contributed by atoms with Crippen LogP contribution in [0.2, 0.25) is 0 Å². The highest BCUT2D eigenvalue weighted by Crippen LogP contribution is 2.14. The zero-order chi connectivity index (χ0) is 23.5. The van der Waals surface area contributed by atoms with Crippen molar-refractivity contribution in [3.05, 3.63) is 65.7 Å². The number of nitrogens with zero attached hydrogens (tertiary/aromatic N) is 1. The van der Waals surface area contributed by atoms with E-state index in [0.29, 0.717) is 11.8 Å². The third-order valence-corrected chi connectivity index (χ3v) is 4.33. The van der Waals surface area contributed by atoms with E-state index >= 15 is 0 Å². The van der Waals surface area contributed by atoms with E-state index in [1.807, 2.05) is 0 Å². The van der Waals surface area contributed by atoms with Crippen LogP contribution in [0.3, 0.4) is 0 Å². The van der Waals surface area contributed by atoms with Crippen LogP contribution in [0.1, 0.15) is 29.6 Å². The first-order valence-electron chi connectivity index (χ1n) is 9.80. The summed E-state index contributed by atoms with van der Waals surface area (Å²) in [6, 6.07) is 11.1. The molecule has 0 heterocycles. The monoisotopic (exact) mass is 447 g/mol. The lowest BCUT2D eigenvalue weighted by Crippen LogP contribution is -2.37. The standard InChI is InChI=1S/C22H23F2N3O5/c23-15-8-9-17(18(24)13-15)22(31)26-11-4-7-21(30)32-14-20(29)27(12-10-19(25)28)16-5-2-1-3-6-16/h1-3,5-6,8-9,13H,4,7,10-12,14H2,(H2,25,28)(H,26,31). The molecule has 0 radical (unpaired) electrons. The molecule has 0 saturated carbocycles. The Hall–Kier alpha value is -3.82. The average molecular weight is 447 g/mol. The van der Waals surface area contributed by atoms with Gasteiger partial charge >= 0.3 is 5.97 Å². The molecule has 0 aliphatic rings. The van der Waals surface area contributed by atoms with Crippen LogP contribution in [-0.4, -0.2) is 43.4 Å². The van der Waals surface area contributed by atoms with Crippen molar-refractivity contribution in [2.24, 2.45) is 5.73 Å². The van der Waals surface area contributed by atoms with Crippen molar-refractivity contribution in [3.63, 3.8) is 0 Å². The Labute approximate surface area is 183 Å². The maximum absolute atomic E-state index is 13.6. The van der Waals surface area contributed by atoms with Crippen LogP contribution in [0, 0.1) is 11.6 Å². The number of nitrogens with one attached hydrogen (secondary N) is 1. The number of halogens is 2. The Bertz CT molecular complexity index is 969. The second kappa shape index (κ2) is 12.1. The third-order valence-electron chi connectivity index (χ3n) is 4.33. The number of carbonyl (C=O) groups is 4. The number of nitrogens with two attached hydrogens (primary N) is 1. The van der Waals surface area contributed by atoms with Gasteiger partial charge in [-0.2, -0.15) is 0 Å². The summed E-state index contributed by atoms with van der Waals surface area (Å²) in [4.78, 5) is 48.6. The first-order valence-corrected chi connectivity index (χ1v) is 9.80. The summed E-state index contributed by atoms with van der Waals surface area (Å²) in [5.74, 6) is -4.27. The van der Waals surface area contributed by atoms with E-state index in [4.69, 9.17) is 10.5 Å². The molecular formula is C22H23F2N3O5. The molecule has 32 heavy (non-hydrogen) atoms. The van der Waals surface area contributed by atoms with Gasteiger partial charge in [-0.05, 0) is 30.7 Å². The maximum atomic E-state index is 13.6. The van der Waals surface area contributed by atoms with Crippen molar-refractivity contribution >= 4 is 29.4 Å². The second-order valence-electron chi connectivity index (χ2n) is 6.74. The minimum Gasteiger partial charge on any atom is -0.456 e. The molecular weight excluding hydrogens is 424 g/mol. The molecule has 0 fully saturated rings. The summed E-state index contributed by atoms with van der Waals surface area (Å²) in [5, 5.41) is 2.42. The van der Waals surface area contributed by atoms with Crippen molar-refractivity contribution in [2.45, 2.75) is 19.3 Å². The van der Waals surface area contributed by atoms with E-state index in [-0.39, 0.29) is 37.9 Å². The number of hydrogen-bond donors (Lipinski definition) is 2. The van der Waals surface area contributed by atoms with Gasteiger partial charge in [0.25, 0.3) is 11.8 Å². The summed E-state index contributed by atoms with van der Waals surface area (Å²) >= 11 is 0. The van der Waals surface area contributed by atoms with Crippen LogP contribution in [0.5, 0.6) is 0 Å². The van der Waals surface area contributed by atoms with Crippen molar-refractivity contribution in [3.8, 4) is 0 Å². The Morgan fingerprint density at radius 1 is 1.00 bits per heavy atom. The van der Waals surface area contributed by atoms with Gasteiger partial charge in [0, 0.05) is 37.7 Å². The van der Waals surface area contributed by atoms with E-state index in [1.54, 1.807) is 30.3 Å².